The van der Waals surface area contributed by atoms with Crippen LogP contribution in [0.2, 0.25) is 0 Å². The minimum Gasteiger partial charge on any atom is -0.340 e. The van der Waals surface area contributed by atoms with Crippen LogP contribution in [0.25, 0.3) is 0 Å². The van der Waals surface area contributed by atoms with Gasteiger partial charge in [-0.05, 0) is 44.9 Å². The monoisotopic (exact) mass is 362 g/mol. The van der Waals surface area contributed by atoms with Gasteiger partial charge in [-0.3, -0.25) is 9.69 Å². The summed E-state index contributed by atoms with van der Waals surface area (Å²) >= 11 is 1.56. The first-order valence-corrected chi connectivity index (χ1v) is 10.7. The normalized spacial score (nSPS) is 19.6. The Balaban J connectivity index is 1.50. The van der Waals surface area contributed by atoms with Crippen molar-refractivity contribution in [2.45, 2.75) is 63.6 Å². The molecule has 1 saturated heterocycles. The number of aromatic nitrogens is 2. The maximum atomic E-state index is 12.6. The van der Waals surface area contributed by atoms with E-state index in [1.165, 1.54) is 25.7 Å². The van der Waals surface area contributed by atoms with Gasteiger partial charge in [0.15, 0.2) is 5.16 Å². The maximum Gasteiger partial charge on any atom is 0.222 e. The van der Waals surface area contributed by atoms with E-state index >= 15 is 0 Å². The van der Waals surface area contributed by atoms with Crippen LogP contribution < -0.4 is 0 Å². The number of carbonyl (C=O) groups is 1. The minimum atomic E-state index is 0.277. The second-order valence-corrected chi connectivity index (χ2v) is 7.99. The van der Waals surface area contributed by atoms with Gasteiger partial charge in [-0.15, -0.1) is 0 Å². The van der Waals surface area contributed by atoms with E-state index in [4.69, 9.17) is 0 Å². The Morgan fingerprint density at radius 1 is 1.08 bits per heavy atom. The molecule has 1 aliphatic carbocycles. The van der Waals surface area contributed by atoms with E-state index in [9.17, 15) is 4.79 Å². The van der Waals surface area contributed by atoms with Gasteiger partial charge in [0.2, 0.25) is 5.91 Å². The van der Waals surface area contributed by atoms with E-state index in [-0.39, 0.29) is 5.91 Å². The summed E-state index contributed by atoms with van der Waals surface area (Å²) in [5.41, 5.74) is 3.15. The SMILES string of the molecule is CSc1nc(C)c(CCC(=O)N2CCN(C3CCCC3)CC2)c(C)n1. The molecule has 0 aromatic carbocycles. The Hall–Kier alpha value is -1.14. The molecular formula is C19H30N4OS. The smallest absolute Gasteiger partial charge is 0.222 e. The highest BCUT2D eigenvalue weighted by Crippen LogP contribution is 2.24. The average Bonchev–Trinajstić information content (AvgIpc) is 3.15. The number of rotatable bonds is 5. The largest absolute Gasteiger partial charge is 0.340 e. The van der Waals surface area contributed by atoms with Crippen LogP contribution in [0.1, 0.15) is 49.1 Å². The van der Waals surface area contributed by atoms with Gasteiger partial charge < -0.3 is 4.90 Å². The van der Waals surface area contributed by atoms with Gasteiger partial charge in [0.05, 0.1) is 0 Å². The number of piperazine rings is 1. The fourth-order valence-electron chi connectivity index (χ4n) is 4.16. The second kappa shape index (κ2) is 8.49. The lowest BCUT2D eigenvalue weighted by Gasteiger charge is -2.38. The predicted octanol–water partition coefficient (Wildman–Crippen LogP) is 2.83. The highest BCUT2D eigenvalue weighted by Gasteiger charge is 2.27. The van der Waals surface area contributed by atoms with Crippen molar-refractivity contribution in [3.05, 3.63) is 17.0 Å². The highest BCUT2D eigenvalue weighted by molar-refractivity contribution is 7.98. The van der Waals surface area contributed by atoms with E-state index in [0.717, 1.165) is 60.7 Å². The van der Waals surface area contributed by atoms with Gasteiger partial charge in [-0.2, -0.15) is 0 Å². The van der Waals surface area contributed by atoms with Crippen molar-refractivity contribution >= 4 is 17.7 Å². The van der Waals surface area contributed by atoms with Crippen LogP contribution in [0.3, 0.4) is 0 Å². The standard InChI is InChI=1S/C19H30N4OS/c1-14-17(15(2)21-19(20-14)25-3)8-9-18(24)23-12-10-22(11-13-23)16-6-4-5-7-16/h16H,4-13H2,1-3H3. The van der Waals surface area contributed by atoms with E-state index in [1.54, 1.807) is 11.8 Å². The van der Waals surface area contributed by atoms with Gasteiger partial charge in [-0.1, -0.05) is 24.6 Å². The average molecular weight is 363 g/mol. The highest BCUT2D eigenvalue weighted by atomic mass is 32.2. The Labute approximate surface area is 155 Å². The van der Waals surface area contributed by atoms with Crippen molar-refractivity contribution in [3.8, 4) is 0 Å². The first-order valence-electron chi connectivity index (χ1n) is 9.48. The van der Waals surface area contributed by atoms with Crippen LogP contribution in [-0.4, -0.2) is 64.2 Å². The number of hydrogen-bond donors (Lipinski definition) is 0. The Bertz CT molecular complexity index is 584. The predicted molar refractivity (Wildman–Crippen MR) is 102 cm³/mol. The van der Waals surface area contributed by atoms with E-state index in [2.05, 4.69) is 14.9 Å². The number of aryl methyl sites for hydroxylation is 2. The van der Waals surface area contributed by atoms with Crippen molar-refractivity contribution in [1.82, 2.24) is 19.8 Å². The molecular weight excluding hydrogens is 332 g/mol. The summed E-state index contributed by atoms with van der Waals surface area (Å²) in [5.74, 6) is 0.277. The van der Waals surface area contributed by atoms with Gasteiger partial charge in [0.25, 0.3) is 0 Å². The third kappa shape index (κ3) is 4.53. The van der Waals surface area contributed by atoms with Crippen LogP contribution in [0.4, 0.5) is 0 Å². The summed E-state index contributed by atoms with van der Waals surface area (Å²) in [4.78, 5) is 26.3. The second-order valence-electron chi connectivity index (χ2n) is 7.21. The topological polar surface area (TPSA) is 49.3 Å². The van der Waals surface area contributed by atoms with Crippen molar-refractivity contribution < 1.29 is 4.79 Å². The lowest BCUT2D eigenvalue weighted by molar-refractivity contribution is -0.133. The van der Waals surface area contributed by atoms with Crippen molar-refractivity contribution in [1.29, 1.82) is 0 Å². The Morgan fingerprint density at radius 3 is 2.24 bits per heavy atom. The summed E-state index contributed by atoms with van der Waals surface area (Å²) in [6.45, 7) is 7.90. The zero-order chi connectivity index (χ0) is 17.8. The lowest BCUT2D eigenvalue weighted by Crippen LogP contribution is -2.51. The van der Waals surface area contributed by atoms with Gasteiger partial charge in [-0.25, -0.2) is 9.97 Å². The van der Waals surface area contributed by atoms with Crippen LogP contribution in [0.5, 0.6) is 0 Å². The first-order chi connectivity index (χ1) is 12.1. The molecule has 6 heteroatoms. The summed E-state index contributed by atoms with van der Waals surface area (Å²) in [6.07, 6.45) is 8.74. The summed E-state index contributed by atoms with van der Waals surface area (Å²) in [6, 6.07) is 0.773. The molecule has 1 aliphatic heterocycles. The first kappa shape index (κ1) is 18.6. The lowest BCUT2D eigenvalue weighted by atomic mass is 10.1. The molecule has 2 fully saturated rings. The molecule has 0 spiro atoms. The van der Waals surface area contributed by atoms with Gasteiger partial charge in [0, 0.05) is 50.0 Å². The van der Waals surface area contributed by atoms with Gasteiger partial charge >= 0.3 is 0 Å². The van der Waals surface area contributed by atoms with Crippen molar-refractivity contribution in [2.24, 2.45) is 0 Å². The number of nitrogens with zero attached hydrogens (tertiary/aromatic N) is 4. The minimum absolute atomic E-state index is 0.277. The molecule has 1 aromatic rings. The molecule has 1 amide bonds. The van der Waals surface area contributed by atoms with Crippen LogP contribution >= 0.6 is 11.8 Å². The summed E-state index contributed by atoms with van der Waals surface area (Å²) in [5, 5.41) is 0.813. The molecule has 0 atom stereocenters. The van der Waals surface area contributed by atoms with Crippen LogP contribution in [0, 0.1) is 13.8 Å². The number of thioether (sulfide) groups is 1. The molecule has 0 unspecified atom stereocenters. The van der Waals surface area contributed by atoms with Crippen molar-refractivity contribution in [3.63, 3.8) is 0 Å². The van der Waals surface area contributed by atoms with Crippen molar-refractivity contribution in [2.75, 3.05) is 32.4 Å². The zero-order valence-corrected chi connectivity index (χ0v) is 16.6. The fraction of sp³-hybridized carbons (Fsp3) is 0.737. The number of amides is 1. The molecule has 0 radical (unpaired) electrons. The molecule has 1 saturated carbocycles. The molecule has 25 heavy (non-hydrogen) atoms. The van der Waals surface area contributed by atoms with Crippen LogP contribution in [0.15, 0.2) is 5.16 Å². The summed E-state index contributed by atoms with van der Waals surface area (Å²) < 4.78 is 0. The summed E-state index contributed by atoms with van der Waals surface area (Å²) in [7, 11) is 0. The molecule has 2 heterocycles. The third-order valence-electron chi connectivity index (χ3n) is 5.68. The maximum absolute atomic E-state index is 12.6. The fourth-order valence-corrected chi connectivity index (χ4v) is 4.61. The van der Waals surface area contributed by atoms with E-state index < -0.39 is 0 Å². The Morgan fingerprint density at radius 2 is 1.68 bits per heavy atom. The molecule has 2 aliphatic rings. The number of carbonyl (C=O) groups excluding carboxylic acids is 1. The van der Waals surface area contributed by atoms with Gasteiger partial charge in [0.1, 0.15) is 0 Å². The zero-order valence-electron chi connectivity index (χ0n) is 15.8. The Kier molecular flexibility index (Phi) is 6.34. The van der Waals surface area contributed by atoms with Crippen LogP contribution in [-0.2, 0) is 11.2 Å². The third-order valence-corrected chi connectivity index (χ3v) is 6.23. The molecule has 5 nitrogen and oxygen atoms in total. The quantitative estimate of drug-likeness (QED) is 0.595. The van der Waals surface area contributed by atoms with E-state index in [1.807, 2.05) is 25.0 Å². The molecule has 1 aromatic heterocycles. The van der Waals surface area contributed by atoms with E-state index in [0.29, 0.717) is 6.42 Å². The molecule has 0 N–H and O–H groups in total. The molecule has 3 rings (SSSR count). The number of hydrogen-bond acceptors (Lipinski definition) is 5. The molecule has 0 bridgehead atoms. The molecule has 138 valence electrons.